The van der Waals surface area contributed by atoms with E-state index in [2.05, 4.69) is 14.7 Å². The van der Waals surface area contributed by atoms with Crippen molar-refractivity contribution in [3.63, 3.8) is 0 Å². The lowest BCUT2D eigenvalue weighted by Crippen LogP contribution is -2.32. The summed E-state index contributed by atoms with van der Waals surface area (Å²) in [5.74, 6) is 0.877. The van der Waals surface area contributed by atoms with Gasteiger partial charge in [0.05, 0.1) is 13.2 Å². The molecule has 1 rings (SSSR count). The zero-order chi connectivity index (χ0) is 14.3. The number of esters is 1. The van der Waals surface area contributed by atoms with Gasteiger partial charge in [0, 0.05) is 12.6 Å². The molecule has 0 bridgehead atoms. The summed E-state index contributed by atoms with van der Waals surface area (Å²) in [5.41, 5.74) is 0. The molecule has 0 amide bonds. The predicted octanol–water partition coefficient (Wildman–Crippen LogP) is 1.65. The summed E-state index contributed by atoms with van der Waals surface area (Å²) in [6.07, 6.45) is 2.39. The number of rotatable bonds is 7. The second-order valence-electron chi connectivity index (χ2n) is 4.38. The highest BCUT2D eigenvalue weighted by atomic mass is 16.5. The average Bonchev–Trinajstić information content (AvgIpc) is 2.37. The first-order valence-corrected chi connectivity index (χ1v) is 6.37. The van der Waals surface area contributed by atoms with Crippen LogP contribution >= 0.6 is 0 Å². The molecule has 0 unspecified atom stereocenters. The fraction of sp³-hybridized carbons (Fsp3) is 0.615. The molecule has 1 aromatic heterocycles. The Labute approximate surface area is 113 Å². The number of anilines is 1. The minimum atomic E-state index is -0.293. The smallest absolute Gasteiger partial charge is 0.325 e. The molecular weight excluding hydrogens is 246 g/mol. The van der Waals surface area contributed by atoms with Crippen molar-refractivity contribution in [2.45, 2.75) is 33.3 Å². The van der Waals surface area contributed by atoms with E-state index in [1.807, 2.05) is 25.7 Å². The van der Waals surface area contributed by atoms with Crippen LogP contribution in [0.4, 0.5) is 5.82 Å². The van der Waals surface area contributed by atoms with Crippen LogP contribution in [0.1, 0.15) is 27.2 Å². The fourth-order valence-corrected chi connectivity index (χ4v) is 1.57. The van der Waals surface area contributed by atoms with Crippen LogP contribution < -0.4 is 9.64 Å². The standard InChI is InChI=1S/C13H21N3O3/c1-5-6-16(8-13(17)18-4)11-7-12(15-9-14-11)19-10(2)3/h7,9-10H,5-6,8H2,1-4H3. The lowest BCUT2D eigenvalue weighted by Gasteiger charge is -2.22. The molecule has 0 aliphatic heterocycles. The summed E-state index contributed by atoms with van der Waals surface area (Å²) in [6, 6.07) is 1.73. The van der Waals surface area contributed by atoms with Crippen molar-refractivity contribution in [2.24, 2.45) is 0 Å². The van der Waals surface area contributed by atoms with Crippen molar-refractivity contribution in [1.82, 2.24) is 9.97 Å². The van der Waals surface area contributed by atoms with E-state index >= 15 is 0 Å². The van der Waals surface area contributed by atoms with Crippen LogP contribution in [0.25, 0.3) is 0 Å². The van der Waals surface area contributed by atoms with Gasteiger partial charge in [-0.15, -0.1) is 0 Å². The third-order valence-corrected chi connectivity index (χ3v) is 2.35. The van der Waals surface area contributed by atoms with Crippen molar-refractivity contribution < 1.29 is 14.3 Å². The van der Waals surface area contributed by atoms with Gasteiger partial charge in [-0.1, -0.05) is 6.92 Å². The lowest BCUT2D eigenvalue weighted by molar-refractivity contribution is -0.138. The molecule has 0 fully saturated rings. The van der Waals surface area contributed by atoms with Crippen molar-refractivity contribution in [3.8, 4) is 5.88 Å². The molecule has 0 saturated carbocycles. The van der Waals surface area contributed by atoms with Gasteiger partial charge in [-0.25, -0.2) is 9.97 Å². The number of carbonyl (C=O) groups excluding carboxylic acids is 1. The Morgan fingerprint density at radius 1 is 1.42 bits per heavy atom. The third-order valence-electron chi connectivity index (χ3n) is 2.35. The summed E-state index contributed by atoms with van der Waals surface area (Å²) in [7, 11) is 1.37. The monoisotopic (exact) mass is 267 g/mol. The third kappa shape index (κ3) is 5.11. The molecule has 1 heterocycles. The number of ether oxygens (including phenoxy) is 2. The molecule has 0 radical (unpaired) electrons. The van der Waals surface area contributed by atoms with E-state index in [4.69, 9.17) is 4.74 Å². The topological polar surface area (TPSA) is 64.6 Å². The molecule has 0 saturated heterocycles. The molecular formula is C13H21N3O3. The van der Waals surface area contributed by atoms with Crippen molar-refractivity contribution in [2.75, 3.05) is 25.1 Å². The molecule has 6 nitrogen and oxygen atoms in total. The number of hydrogen-bond donors (Lipinski definition) is 0. The minimum absolute atomic E-state index is 0.0444. The van der Waals surface area contributed by atoms with Crippen LogP contribution in [0.3, 0.4) is 0 Å². The first kappa shape index (κ1) is 15.2. The van der Waals surface area contributed by atoms with Crippen molar-refractivity contribution in [1.29, 1.82) is 0 Å². The molecule has 1 aromatic rings. The van der Waals surface area contributed by atoms with E-state index in [1.54, 1.807) is 6.07 Å². The zero-order valence-corrected chi connectivity index (χ0v) is 11.9. The van der Waals surface area contributed by atoms with Gasteiger partial charge in [0.1, 0.15) is 18.7 Å². The van der Waals surface area contributed by atoms with Crippen LogP contribution in [0.15, 0.2) is 12.4 Å². The minimum Gasteiger partial charge on any atom is -0.475 e. The Balaban J connectivity index is 2.85. The van der Waals surface area contributed by atoms with Crippen molar-refractivity contribution in [3.05, 3.63) is 12.4 Å². The van der Waals surface area contributed by atoms with E-state index in [-0.39, 0.29) is 18.6 Å². The number of hydrogen-bond acceptors (Lipinski definition) is 6. The molecule has 0 atom stereocenters. The van der Waals surface area contributed by atoms with E-state index in [0.29, 0.717) is 18.2 Å². The average molecular weight is 267 g/mol. The maximum absolute atomic E-state index is 11.4. The largest absolute Gasteiger partial charge is 0.475 e. The maximum atomic E-state index is 11.4. The summed E-state index contributed by atoms with van der Waals surface area (Å²) in [5, 5.41) is 0. The molecule has 106 valence electrons. The summed E-state index contributed by atoms with van der Waals surface area (Å²) in [6.45, 7) is 6.78. The van der Waals surface area contributed by atoms with E-state index < -0.39 is 0 Å². The fourth-order valence-electron chi connectivity index (χ4n) is 1.57. The van der Waals surface area contributed by atoms with Crippen LogP contribution in [0, 0.1) is 0 Å². The first-order valence-electron chi connectivity index (χ1n) is 6.37. The summed E-state index contributed by atoms with van der Waals surface area (Å²) >= 11 is 0. The molecule has 0 aromatic carbocycles. The molecule has 0 aliphatic carbocycles. The van der Waals surface area contributed by atoms with Gasteiger partial charge in [0.2, 0.25) is 5.88 Å². The normalized spacial score (nSPS) is 10.4. The first-order chi connectivity index (χ1) is 9.06. The highest BCUT2D eigenvalue weighted by Gasteiger charge is 2.13. The highest BCUT2D eigenvalue weighted by molar-refractivity contribution is 5.75. The van der Waals surface area contributed by atoms with E-state index in [9.17, 15) is 4.79 Å². The SMILES string of the molecule is CCCN(CC(=O)OC)c1cc(OC(C)C)ncn1. The van der Waals surface area contributed by atoms with Crippen LogP contribution in [-0.4, -0.2) is 42.2 Å². The van der Waals surface area contributed by atoms with Gasteiger partial charge in [-0.2, -0.15) is 0 Å². The van der Waals surface area contributed by atoms with Gasteiger partial charge in [-0.05, 0) is 20.3 Å². The van der Waals surface area contributed by atoms with Crippen LogP contribution in [0.2, 0.25) is 0 Å². The zero-order valence-electron chi connectivity index (χ0n) is 11.9. The van der Waals surface area contributed by atoms with Crippen LogP contribution in [0.5, 0.6) is 5.88 Å². The van der Waals surface area contributed by atoms with Crippen LogP contribution in [-0.2, 0) is 9.53 Å². The Morgan fingerprint density at radius 2 is 2.16 bits per heavy atom. The molecule has 0 aliphatic rings. The second kappa shape index (κ2) is 7.56. The number of nitrogens with zero attached hydrogens (tertiary/aromatic N) is 3. The van der Waals surface area contributed by atoms with Gasteiger partial charge in [-0.3, -0.25) is 4.79 Å². The van der Waals surface area contributed by atoms with Crippen molar-refractivity contribution >= 4 is 11.8 Å². The number of aromatic nitrogens is 2. The van der Waals surface area contributed by atoms with E-state index in [1.165, 1.54) is 13.4 Å². The maximum Gasteiger partial charge on any atom is 0.325 e. The number of methoxy groups -OCH3 is 1. The Hall–Kier alpha value is -1.85. The molecule has 0 N–H and O–H groups in total. The summed E-state index contributed by atoms with van der Waals surface area (Å²) in [4.78, 5) is 21.5. The Bertz CT molecular complexity index is 410. The second-order valence-corrected chi connectivity index (χ2v) is 4.38. The lowest BCUT2D eigenvalue weighted by atomic mass is 10.3. The summed E-state index contributed by atoms with van der Waals surface area (Å²) < 4.78 is 10.2. The van der Waals surface area contributed by atoms with Gasteiger partial charge in [0.25, 0.3) is 0 Å². The quantitative estimate of drug-likeness (QED) is 0.700. The Kier molecular flexibility index (Phi) is 6.05. The highest BCUT2D eigenvalue weighted by Crippen LogP contribution is 2.17. The number of carbonyl (C=O) groups is 1. The van der Waals surface area contributed by atoms with Gasteiger partial charge >= 0.3 is 5.97 Å². The molecule has 6 heteroatoms. The molecule has 19 heavy (non-hydrogen) atoms. The predicted molar refractivity (Wildman–Crippen MR) is 72.3 cm³/mol. The van der Waals surface area contributed by atoms with Gasteiger partial charge in [0.15, 0.2) is 0 Å². The Morgan fingerprint density at radius 3 is 2.74 bits per heavy atom. The van der Waals surface area contributed by atoms with Gasteiger partial charge < -0.3 is 14.4 Å². The molecule has 0 spiro atoms. The van der Waals surface area contributed by atoms with E-state index in [0.717, 1.165) is 6.42 Å².